The largest absolute Gasteiger partial charge is 0.474 e. The fourth-order valence-electron chi connectivity index (χ4n) is 2.28. The standard InChI is InChI=1S/C13H21N3O2/c1-9-6-13(16-15-9)17-8-12-5-4-11(18-12)7-14-10-2-3-10/h6,10-12,14H,2-5,7-8H2,1H3,(H,15,16). The number of ether oxygens (including phenoxy) is 2. The fraction of sp³-hybridized carbons (Fsp3) is 0.769. The Kier molecular flexibility index (Phi) is 3.52. The van der Waals surface area contributed by atoms with Crippen molar-refractivity contribution in [2.45, 2.75) is 50.9 Å². The minimum Gasteiger partial charge on any atom is -0.474 e. The fourth-order valence-corrected chi connectivity index (χ4v) is 2.28. The first-order valence-corrected chi connectivity index (χ1v) is 6.83. The van der Waals surface area contributed by atoms with Gasteiger partial charge in [-0.3, -0.25) is 5.10 Å². The van der Waals surface area contributed by atoms with Crippen LogP contribution in [0.5, 0.6) is 5.88 Å². The van der Waals surface area contributed by atoms with Crippen LogP contribution in [0.4, 0.5) is 0 Å². The lowest BCUT2D eigenvalue weighted by Crippen LogP contribution is -2.29. The lowest BCUT2D eigenvalue weighted by molar-refractivity contribution is 0.0175. The molecule has 1 aliphatic carbocycles. The molecule has 5 heteroatoms. The van der Waals surface area contributed by atoms with E-state index in [1.165, 1.54) is 12.8 Å². The van der Waals surface area contributed by atoms with Crippen molar-refractivity contribution in [3.05, 3.63) is 11.8 Å². The number of hydrogen-bond acceptors (Lipinski definition) is 4. The summed E-state index contributed by atoms with van der Waals surface area (Å²) in [6.45, 7) is 3.55. The molecule has 2 N–H and O–H groups in total. The van der Waals surface area contributed by atoms with Gasteiger partial charge in [0.1, 0.15) is 6.61 Å². The molecule has 5 nitrogen and oxygen atoms in total. The van der Waals surface area contributed by atoms with E-state index in [0.29, 0.717) is 18.6 Å². The van der Waals surface area contributed by atoms with Gasteiger partial charge < -0.3 is 14.8 Å². The van der Waals surface area contributed by atoms with Gasteiger partial charge in [0, 0.05) is 24.3 Å². The number of aryl methyl sites for hydroxylation is 1. The Morgan fingerprint density at radius 1 is 1.39 bits per heavy atom. The Bertz CT molecular complexity index is 389. The highest BCUT2D eigenvalue weighted by molar-refractivity contribution is 5.12. The third-order valence-electron chi connectivity index (χ3n) is 3.51. The van der Waals surface area contributed by atoms with E-state index in [2.05, 4.69) is 15.5 Å². The number of H-pyrrole nitrogens is 1. The summed E-state index contributed by atoms with van der Waals surface area (Å²) in [4.78, 5) is 0. The molecule has 2 heterocycles. The van der Waals surface area contributed by atoms with Crippen molar-refractivity contribution in [1.82, 2.24) is 15.5 Å². The number of hydrogen-bond donors (Lipinski definition) is 2. The summed E-state index contributed by atoms with van der Waals surface area (Å²) >= 11 is 0. The monoisotopic (exact) mass is 251 g/mol. The quantitative estimate of drug-likeness (QED) is 0.802. The molecule has 0 spiro atoms. The number of rotatable bonds is 6. The highest BCUT2D eigenvalue weighted by Crippen LogP contribution is 2.23. The van der Waals surface area contributed by atoms with Gasteiger partial charge in [-0.2, -0.15) is 0 Å². The van der Waals surface area contributed by atoms with Crippen LogP contribution < -0.4 is 10.1 Å². The molecule has 1 aliphatic heterocycles. The Hall–Kier alpha value is -1.07. The van der Waals surface area contributed by atoms with E-state index >= 15 is 0 Å². The molecule has 2 fully saturated rings. The molecule has 1 aromatic rings. The van der Waals surface area contributed by atoms with Crippen LogP contribution in [-0.2, 0) is 4.74 Å². The molecule has 0 aromatic carbocycles. The van der Waals surface area contributed by atoms with Crippen LogP contribution in [-0.4, -0.2) is 41.6 Å². The molecule has 1 saturated carbocycles. The van der Waals surface area contributed by atoms with E-state index in [1.54, 1.807) is 0 Å². The summed E-state index contributed by atoms with van der Waals surface area (Å²) < 4.78 is 11.6. The summed E-state index contributed by atoms with van der Waals surface area (Å²) in [5.74, 6) is 0.663. The average molecular weight is 251 g/mol. The zero-order valence-corrected chi connectivity index (χ0v) is 10.8. The van der Waals surface area contributed by atoms with Crippen LogP contribution in [0.3, 0.4) is 0 Å². The Balaban J connectivity index is 1.36. The minimum atomic E-state index is 0.216. The average Bonchev–Trinajstić information content (AvgIpc) is 2.93. The summed E-state index contributed by atoms with van der Waals surface area (Å²) in [6, 6.07) is 2.66. The number of aromatic nitrogens is 2. The molecular formula is C13H21N3O2. The maximum absolute atomic E-state index is 5.94. The van der Waals surface area contributed by atoms with Crippen LogP contribution in [0.15, 0.2) is 6.07 Å². The number of nitrogens with zero attached hydrogens (tertiary/aromatic N) is 1. The van der Waals surface area contributed by atoms with Gasteiger partial charge in [0.05, 0.1) is 12.2 Å². The highest BCUT2D eigenvalue weighted by atomic mass is 16.5. The first-order chi connectivity index (χ1) is 8.79. The van der Waals surface area contributed by atoms with Crippen LogP contribution in [0.25, 0.3) is 0 Å². The van der Waals surface area contributed by atoms with Crippen molar-refractivity contribution in [3.8, 4) is 5.88 Å². The van der Waals surface area contributed by atoms with Crippen LogP contribution in [0.1, 0.15) is 31.4 Å². The third-order valence-corrected chi connectivity index (χ3v) is 3.51. The Labute approximate surface area is 107 Å². The molecule has 1 aromatic heterocycles. The second-order valence-corrected chi connectivity index (χ2v) is 5.34. The molecule has 3 rings (SSSR count). The van der Waals surface area contributed by atoms with Crippen molar-refractivity contribution in [3.63, 3.8) is 0 Å². The van der Waals surface area contributed by atoms with Crippen LogP contribution >= 0.6 is 0 Å². The van der Waals surface area contributed by atoms with Gasteiger partial charge >= 0.3 is 0 Å². The first-order valence-electron chi connectivity index (χ1n) is 6.83. The predicted molar refractivity (Wildman–Crippen MR) is 67.7 cm³/mol. The van der Waals surface area contributed by atoms with E-state index in [1.807, 2.05) is 13.0 Å². The Morgan fingerprint density at radius 2 is 2.22 bits per heavy atom. The molecule has 100 valence electrons. The molecular weight excluding hydrogens is 230 g/mol. The minimum absolute atomic E-state index is 0.216. The molecule has 0 radical (unpaired) electrons. The van der Waals surface area contributed by atoms with Gasteiger partial charge in [-0.1, -0.05) is 0 Å². The van der Waals surface area contributed by atoms with Gasteiger partial charge in [-0.15, -0.1) is 5.10 Å². The van der Waals surface area contributed by atoms with Gasteiger partial charge in [-0.05, 0) is 32.6 Å². The number of aromatic amines is 1. The van der Waals surface area contributed by atoms with Gasteiger partial charge in [0.15, 0.2) is 0 Å². The molecule has 2 unspecified atom stereocenters. The van der Waals surface area contributed by atoms with E-state index in [9.17, 15) is 0 Å². The van der Waals surface area contributed by atoms with E-state index in [4.69, 9.17) is 9.47 Å². The van der Waals surface area contributed by atoms with Crippen molar-refractivity contribution in [1.29, 1.82) is 0 Å². The molecule has 1 saturated heterocycles. The van der Waals surface area contributed by atoms with Crippen LogP contribution in [0, 0.1) is 6.92 Å². The van der Waals surface area contributed by atoms with E-state index < -0.39 is 0 Å². The summed E-state index contributed by atoms with van der Waals surface area (Å²) in [5.41, 5.74) is 1.02. The lowest BCUT2D eigenvalue weighted by Gasteiger charge is -2.14. The van der Waals surface area contributed by atoms with E-state index in [0.717, 1.165) is 31.1 Å². The predicted octanol–water partition coefficient (Wildman–Crippen LogP) is 1.40. The van der Waals surface area contributed by atoms with Crippen molar-refractivity contribution < 1.29 is 9.47 Å². The first kappa shape index (κ1) is 12.0. The SMILES string of the molecule is Cc1cc(OCC2CCC(CNC3CC3)O2)n[nH]1. The zero-order chi connectivity index (χ0) is 12.4. The second kappa shape index (κ2) is 5.28. The topological polar surface area (TPSA) is 59.2 Å². The molecule has 0 amide bonds. The van der Waals surface area contributed by atoms with Crippen molar-refractivity contribution in [2.75, 3.05) is 13.2 Å². The summed E-state index contributed by atoms with van der Waals surface area (Å²) in [7, 11) is 0. The maximum Gasteiger partial charge on any atom is 0.232 e. The Morgan fingerprint density at radius 3 is 2.94 bits per heavy atom. The summed E-state index contributed by atoms with van der Waals surface area (Å²) in [6.07, 6.45) is 5.46. The summed E-state index contributed by atoms with van der Waals surface area (Å²) in [5, 5.41) is 10.4. The molecule has 2 atom stereocenters. The molecule has 2 aliphatic rings. The lowest BCUT2D eigenvalue weighted by atomic mass is 10.2. The third kappa shape index (κ3) is 3.23. The number of nitrogens with one attached hydrogen (secondary N) is 2. The highest BCUT2D eigenvalue weighted by Gasteiger charge is 2.28. The van der Waals surface area contributed by atoms with Crippen molar-refractivity contribution >= 4 is 0 Å². The molecule has 18 heavy (non-hydrogen) atoms. The smallest absolute Gasteiger partial charge is 0.232 e. The van der Waals surface area contributed by atoms with Crippen molar-refractivity contribution in [2.24, 2.45) is 0 Å². The zero-order valence-electron chi connectivity index (χ0n) is 10.8. The van der Waals surface area contributed by atoms with E-state index in [-0.39, 0.29) is 6.10 Å². The van der Waals surface area contributed by atoms with Gasteiger partial charge in [0.2, 0.25) is 5.88 Å². The van der Waals surface area contributed by atoms with Crippen LogP contribution in [0.2, 0.25) is 0 Å². The van der Waals surface area contributed by atoms with Gasteiger partial charge in [-0.25, -0.2) is 0 Å². The molecule has 0 bridgehead atoms. The van der Waals surface area contributed by atoms with Gasteiger partial charge in [0.25, 0.3) is 0 Å². The maximum atomic E-state index is 5.94. The second-order valence-electron chi connectivity index (χ2n) is 5.34. The normalized spacial score (nSPS) is 27.6.